The molecule has 0 aliphatic carbocycles. The minimum atomic E-state index is -4.57. The molecular weight excluding hydrogens is 485 g/mol. The number of carbonyl (C=O) groups is 1. The van der Waals surface area contributed by atoms with Crippen molar-refractivity contribution < 1.29 is 22.7 Å². The Morgan fingerprint density at radius 1 is 1.08 bits per heavy atom. The van der Waals surface area contributed by atoms with Gasteiger partial charge in [-0.25, -0.2) is 15.0 Å². The van der Waals surface area contributed by atoms with Crippen LogP contribution in [-0.4, -0.2) is 32.9 Å². The molecule has 4 N–H and O–H groups in total. The third kappa shape index (κ3) is 4.72. The summed E-state index contributed by atoms with van der Waals surface area (Å²) in [7, 11) is 0. The topological polar surface area (TPSA) is 120 Å². The number of anilines is 2. The number of nitrogens with two attached hydrogens (primary N) is 2. The number of pyridine rings is 1. The number of para-hydroxylation sites is 1. The van der Waals surface area contributed by atoms with E-state index in [0.29, 0.717) is 41.2 Å². The Bertz CT molecular complexity index is 1490. The van der Waals surface area contributed by atoms with Gasteiger partial charge in [0.1, 0.15) is 23.7 Å². The van der Waals surface area contributed by atoms with E-state index in [-0.39, 0.29) is 17.6 Å². The average molecular weight is 509 g/mol. The highest BCUT2D eigenvalue weighted by atomic mass is 19.4. The summed E-state index contributed by atoms with van der Waals surface area (Å²) in [5.41, 5.74) is 12.1. The first-order valence-corrected chi connectivity index (χ1v) is 11.6. The van der Waals surface area contributed by atoms with Crippen molar-refractivity contribution in [3.05, 3.63) is 66.5 Å². The van der Waals surface area contributed by atoms with E-state index in [1.807, 2.05) is 19.1 Å². The number of hydrogen-bond donors (Lipinski definition) is 2. The molecule has 1 fully saturated rings. The number of primary amides is 1. The molecule has 0 bridgehead atoms. The van der Waals surface area contributed by atoms with Crippen LogP contribution in [0.15, 0.2) is 60.9 Å². The van der Waals surface area contributed by atoms with Gasteiger partial charge in [-0.3, -0.25) is 4.79 Å². The van der Waals surface area contributed by atoms with E-state index in [4.69, 9.17) is 16.2 Å². The fraction of sp³-hybridized carbons (Fsp3) is 0.231. The van der Waals surface area contributed by atoms with Crippen LogP contribution in [0.2, 0.25) is 0 Å². The first-order chi connectivity index (χ1) is 17.6. The second kappa shape index (κ2) is 9.23. The zero-order valence-electron chi connectivity index (χ0n) is 19.7. The maximum Gasteiger partial charge on any atom is 0.416 e. The highest BCUT2D eigenvalue weighted by Crippen LogP contribution is 2.42. The summed E-state index contributed by atoms with van der Waals surface area (Å²) in [6.07, 6.45) is -2.25. The van der Waals surface area contributed by atoms with Crippen molar-refractivity contribution in [2.75, 3.05) is 10.6 Å². The van der Waals surface area contributed by atoms with Gasteiger partial charge in [0.15, 0.2) is 5.75 Å². The Morgan fingerprint density at radius 3 is 2.65 bits per heavy atom. The van der Waals surface area contributed by atoms with Crippen molar-refractivity contribution in [3.63, 3.8) is 0 Å². The quantitative estimate of drug-likeness (QED) is 0.392. The molecule has 37 heavy (non-hydrogen) atoms. The maximum atomic E-state index is 13.6. The van der Waals surface area contributed by atoms with Gasteiger partial charge in [-0.15, -0.1) is 0 Å². The molecule has 2 atom stereocenters. The van der Waals surface area contributed by atoms with Crippen molar-refractivity contribution in [1.29, 1.82) is 0 Å². The van der Waals surface area contributed by atoms with Crippen molar-refractivity contribution in [2.45, 2.75) is 38.0 Å². The normalized spacial score (nSPS) is 17.8. The Balaban J connectivity index is 1.59. The number of nitrogen functional groups attached to an aromatic ring is 1. The lowest BCUT2D eigenvalue weighted by Gasteiger charge is -2.31. The van der Waals surface area contributed by atoms with Gasteiger partial charge in [0, 0.05) is 28.7 Å². The van der Waals surface area contributed by atoms with E-state index >= 15 is 0 Å². The predicted octanol–water partition coefficient (Wildman–Crippen LogP) is 4.93. The molecule has 2 aromatic carbocycles. The van der Waals surface area contributed by atoms with Crippen LogP contribution in [0.4, 0.5) is 24.7 Å². The molecule has 1 aliphatic heterocycles. The highest BCUT2D eigenvalue weighted by molar-refractivity contribution is 5.88. The third-order valence-electron chi connectivity index (χ3n) is 6.44. The van der Waals surface area contributed by atoms with Crippen LogP contribution < -0.4 is 21.1 Å². The van der Waals surface area contributed by atoms with E-state index in [2.05, 4.69) is 15.0 Å². The van der Waals surface area contributed by atoms with Gasteiger partial charge in [-0.05, 0) is 50.1 Å². The number of rotatable bonds is 5. The van der Waals surface area contributed by atoms with E-state index in [0.717, 1.165) is 17.5 Å². The molecule has 0 radical (unpaired) electrons. The lowest BCUT2D eigenvalue weighted by molar-refractivity contribution is -0.137. The molecule has 0 spiro atoms. The van der Waals surface area contributed by atoms with Crippen LogP contribution in [-0.2, 0) is 11.0 Å². The number of nitrogens with zero attached hydrogens (tertiary/aromatic N) is 4. The van der Waals surface area contributed by atoms with Gasteiger partial charge in [0.2, 0.25) is 11.8 Å². The standard InChI is InChI=1S/C26H23F3N6O2/c1-14-5-9-19(25(31)36)35(14)20-11-16(26(27,28)29)7-8-17(20)18-12-23(33-13-32-18)37-21-4-2-3-15-6-10-22(30)34-24(15)21/h2-4,6-8,10-14,19H,5,9H2,1H3,(H2,30,34)(H2,31,36). The van der Waals surface area contributed by atoms with Crippen LogP contribution in [0.1, 0.15) is 25.3 Å². The van der Waals surface area contributed by atoms with Crippen LogP contribution >= 0.6 is 0 Å². The summed E-state index contributed by atoms with van der Waals surface area (Å²) in [5.74, 6) is 0.296. The van der Waals surface area contributed by atoms with Crippen molar-refractivity contribution in [3.8, 4) is 22.9 Å². The Hall–Kier alpha value is -4.41. The lowest BCUT2D eigenvalue weighted by Crippen LogP contribution is -2.43. The van der Waals surface area contributed by atoms with Gasteiger partial charge >= 0.3 is 6.18 Å². The van der Waals surface area contributed by atoms with Crippen molar-refractivity contribution >= 4 is 28.3 Å². The minimum Gasteiger partial charge on any atom is -0.437 e. The molecule has 4 aromatic rings. The molecule has 1 amide bonds. The third-order valence-corrected chi connectivity index (χ3v) is 6.44. The number of hydrogen-bond acceptors (Lipinski definition) is 7. The number of ether oxygens (including phenoxy) is 1. The molecule has 3 heterocycles. The summed E-state index contributed by atoms with van der Waals surface area (Å²) in [6, 6.07) is 12.8. The summed E-state index contributed by atoms with van der Waals surface area (Å²) >= 11 is 0. The largest absolute Gasteiger partial charge is 0.437 e. The Morgan fingerprint density at radius 2 is 1.89 bits per heavy atom. The predicted molar refractivity (Wildman–Crippen MR) is 133 cm³/mol. The molecule has 11 heteroatoms. The van der Waals surface area contributed by atoms with Gasteiger partial charge in [0.05, 0.1) is 11.3 Å². The second-order valence-corrected chi connectivity index (χ2v) is 8.89. The molecule has 5 rings (SSSR count). The molecular formula is C26H23F3N6O2. The van der Waals surface area contributed by atoms with E-state index in [1.54, 1.807) is 23.1 Å². The van der Waals surface area contributed by atoms with Crippen LogP contribution in [0.5, 0.6) is 11.6 Å². The van der Waals surface area contributed by atoms with E-state index < -0.39 is 23.7 Å². The Labute approximate surface area is 210 Å². The molecule has 1 aliphatic rings. The van der Waals surface area contributed by atoms with Gasteiger partial charge in [0.25, 0.3) is 0 Å². The van der Waals surface area contributed by atoms with E-state index in [9.17, 15) is 18.0 Å². The number of aromatic nitrogens is 3. The lowest BCUT2D eigenvalue weighted by atomic mass is 10.0. The number of amides is 1. The van der Waals surface area contributed by atoms with Crippen molar-refractivity contribution in [1.82, 2.24) is 15.0 Å². The van der Waals surface area contributed by atoms with E-state index in [1.165, 1.54) is 18.5 Å². The number of fused-ring (bicyclic) bond motifs is 1. The van der Waals surface area contributed by atoms with Crippen LogP contribution in [0.25, 0.3) is 22.2 Å². The zero-order chi connectivity index (χ0) is 26.3. The fourth-order valence-electron chi connectivity index (χ4n) is 4.68. The molecule has 8 nitrogen and oxygen atoms in total. The average Bonchev–Trinajstić information content (AvgIpc) is 3.25. The maximum absolute atomic E-state index is 13.6. The van der Waals surface area contributed by atoms with Gasteiger partial charge in [-0.2, -0.15) is 13.2 Å². The summed E-state index contributed by atoms with van der Waals surface area (Å²) in [4.78, 5) is 26.6. The Kier molecular flexibility index (Phi) is 6.06. The minimum absolute atomic E-state index is 0.161. The first kappa shape index (κ1) is 24.3. The number of benzene rings is 2. The number of carbonyl (C=O) groups excluding carboxylic acids is 1. The van der Waals surface area contributed by atoms with Gasteiger partial charge < -0.3 is 21.1 Å². The molecule has 2 aromatic heterocycles. The summed E-state index contributed by atoms with van der Waals surface area (Å²) in [5, 5.41) is 0.812. The van der Waals surface area contributed by atoms with Crippen molar-refractivity contribution in [2.24, 2.45) is 5.73 Å². The first-order valence-electron chi connectivity index (χ1n) is 11.6. The number of halogens is 3. The van der Waals surface area contributed by atoms with Crippen LogP contribution in [0.3, 0.4) is 0 Å². The molecule has 1 saturated heterocycles. The van der Waals surface area contributed by atoms with Gasteiger partial charge in [-0.1, -0.05) is 18.2 Å². The molecule has 2 unspecified atom stereocenters. The molecule has 190 valence electrons. The fourth-order valence-corrected chi connectivity index (χ4v) is 4.68. The smallest absolute Gasteiger partial charge is 0.416 e. The zero-order valence-corrected chi connectivity index (χ0v) is 19.7. The highest BCUT2D eigenvalue weighted by Gasteiger charge is 2.38. The second-order valence-electron chi connectivity index (χ2n) is 8.89. The SMILES string of the molecule is CC1CCC(C(N)=O)N1c1cc(C(F)(F)F)ccc1-c1cc(Oc2cccc3ccc(N)nc23)ncn1. The monoisotopic (exact) mass is 508 g/mol. The summed E-state index contributed by atoms with van der Waals surface area (Å²) in [6.45, 7) is 1.85. The van der Waals surface area contributed by atoms with Crippen LogP contribution in [0, 0.1) is 0 Å². The molecule has 0 saturated carbocycles. The number of alkyl halides is 3. The summed E-state index contributed by atoms with van der Waals surface area (Å²) < 4.78 is 46.9.